The van der Waals surface area contributed by atoms with Crippen molar-refractivity contribution in [3.8, 4) is 0 Å². The van der Waals surface area contributed by atoms with E-state index in [0.29, 0.717) is 0 Å². The number of halogens is 3. The maximum atomic E-state index is 12.7. The fraction of sp³-hybridized carbons (Fsp3) is 0.500. The van der Waals surface area contributed by atoms with Crippen LogP contribution in [0.4, 0.5) is 18.0 Å². The molecule has 9 heteroatoms. The molecule has 0 aromatic heterocycles. The zero-order valence-corrected chi connectivity index (χ0v) is 13.9. The third kappa shape index (κ3) is 7.00. The Morgan fingerprint density at radius 1 is 1.24 bits per heavy atom. The molecule has 25 heavy (non-hydrogen) atoms. The highest BCUT2D eigenvalue weighted by molar-refractivity contribution is 5.80. The molecule has 1 aromatic carbocycles. The van der Waals surface area contributed by atoms with E-state index in [9.17, 15) is 27.9 Å². The van der Waals surface area contributed by atoms with Gasteiger partial charge in [-0.25, -0.2) is 9.59 Å². The molecule has 0 saturated heterocycles. The number of amides is 1. The molecule has 0 aliphatic carbocycles. The van der Waals surface area contributed by atoms with Crippen LogP contribution in [0.15, 0.2) is 24.3 Å². The molecule has 0 spiro atoms. The van der Waals surface area contributed by atoms with Gasteiger partial charge < -0.3 is 20.3 Å². The quantitative estimate of drug-likeness (QED) is 0.747. The summed E-state index contributed by atoms with van der Waals surface area (Å²) in [6, 6.07) is 2.43. The average Bonchev–Trinajstić information content (AvgIpc) is 2.41. The summed E-state index contributed by atoms with van der Waals surface area (Å²) in [6.07, 6.45) is -7.64. The Balaban J connectivity index is 2.85. The number of rotatable bonds is 5. The number of nitrogens with one attached hydrogen (secondary N) is 1. The lowest BCUT2D eigenvalue weighted by atomic mass is 10.0. The van der Waals surface area contributed by atoms with Crippen LogP contribution in [0.2, 0.25) is 0 Å². The zero-order valence-electron chi connectivity index (χ0n) is 13.9. The van der Waals surface area contributed by atoms with Gasteiger partial charge in [0, 0.05) is 6.42 Å². The van der Waals surface area contributed by atoms with E-state index >= 15 is 0 Å². The van der Waals surface area contributed by atoms with Crippen LogP contribution in [0.25, 0.3) is 0 Å². The van der Waals surface area contributed by atoms with Crippen molar-refractivity contribution < 1.29 is 37.7 Å². The number of carboxylic acids is 1. The second-order valence-electron chi connectivity index (χ2n) is 6.43. The third-order valence-corrected chi connectivity index (χ3v) is 3.02. The number of hydrogen-bond donors (Lipinski definition) is 3. The molecule has 6 nitrogen and oxygen atoms in total. The van der Waals surface area contributed by atoms with Crippen molar-refractivity contribution in [2.24, 2.45) is 0 Å². The van der Waals surface area contributed by atoms with E-state index in [-0.39, 0.29) is 5.56 Å². The zero-order chi connectivity index (χ0) is 19.4. The molecular weight excluding hydrogens is 343 g/mol. The molecule has 1 amide bonds. The van der Waals surface area contributed by atoms with Gasteiger partial charge in [-0.05, 0) is 32.4 Å². The number of carbonyl (C=O) groups is 2. The lowest BCUT2D eigenvalue weighted by Gasteiger charge is -2.24. The van der Waals surface area contributed by atoms with Crippen molar-refractivity contribution in [1.82, 2.24) is 5.32 Å². The van der Waals surface area contributed by atoms with E-state index in [1.807, 2.05) is 5.32 Å². The van der Waals surface area contributed by atoms with E-state index in [1.165, 1.54) is 6.07 Å². The standard InChI is InChI=1S/C16H20F3NO5/c1-15(2,3)25-14(24)20-12(13(22)23)11(21)8-9-5-4-6-10(7-9)16(17,18)19/h4-7,11-12,21H,8H2,1-3H3,(H,20,24)(H,22,23)/t11-,12-/m0/s1. The summed E-state index contributed by atoms with van der Waals surface area (Å²) >= 11 is 0. The van der Waals surface area contributed by atoms with E-state index in [2.05, 4.69) is 0 Å². The highest BCUT2D eigenvalue weighted by Crippen LogP contribution is 2.29. The van der Waals surface area contributed by atoms with Crippen molar-refractivity contribution in [3.05, 3.63) is 35.4 Å². The first-order valence-electron chi connectivity index (χ1n) is 7.36. The summed E-state index contributed by atoms with van der Waals surface area (Å²) in [5.74, 6) is -1.54. The maximum Gasteiger partial charge on any atom is 0.416 e. The van der Waals surface area contributed by atoms with Crippen LogP contribution >= 0.6 is 0 Å². The van der Waals surface area contributed by atoms with Crippen LogP contribution in [0.3, 0.4) is 0 Å². The number of alkyl carbamates (subject to hydrolysis) is 1. The molecule has 0 aliphatic heterocycles. The highest BCUT2D eigenvalue weighted by atomic mass is 19.4. The molecule has 3 N–H and O–H groups in total. The van der Waals surface area contributed by atoms with Gasteiger partial charge in [0.25, 0.3) is 0 Å². The monoisotopic (exact) mass is 363 g/mol. The first-order valence-corrected chi connectivity index (χ1v) is 7.36. The van der Waals surface area contributed by atoms with Gasteiger partial charge in [0.1, 0.15) is 5.60 Å². The molecule has 0 saturated carbocycles. The number of benzene rings is 1. The number of alkyl halides is 3. The fourth-order valence-corrected chi connectivity index (χ4v) is 1.99. The molecule has 0 fully saturated rings. The number of carboxylic acid groups (broad SMARTS) is 1. The minimum absolute atomic E-state index is 0.0829. The first-order chi connectivity index (χ1) is 11.3. The number of carbonyl (C=O) groups excluding carboxylic acids is 1. The Morgan fingerprint density at radius 3 is 2.32 bits per heavy atom. The smallest absolute Gasteiger partial charge is 0.416 e. The van der Waals surface area contributed by atoms with Gasteiger partial charge in [0.05, 0.1) is 11.7 Å². The maximum absolute atomic E-state index is 12.7. The highest BCUT2D eigenvalue weighted by Gasteiger charge is 2.32. The number of aliphatic hydroxyl groups excluding tert-OH is 1. The van der Waals surface area contributed by atoms with Crippen molar-refractivity contribution in [1.29, 1.82) is 0 Å². The molecule has 2 atom stereocenters. The topological polar surface area (TPSA) is 95.9 Å². The second-order valence-corrected chi connectivity index (χ2v) is 6.43. The molecule has 1 aromatic rings. The Bertz CT molecular complexity index is 625. The Kier molecular flexibility index (Phi) is 6.42. The first kappa shape index (κ1) is 20.8. The normalized spacial score (nSPS) is 14.5. The van der Waals surface area contributed by atoms with Crippen molar-refractivity contribution >= 4 is 12.1 Å². The average molecular weight is 363 g/mol. The summed E-state index contributed by atoms with van der Waals surface area (Å²) in [7, 11) is 0. The molecule has 0 bridgehead atoms. The lowest BCUT2D eigenvalue weighted by Crippen LogP contribution is -2.50. The van der Waals surface area contributed by atoms with Crippen molar-refractivity contribution in [3.63, 3.8) is 0 Å². The fourth-order valence-electron chi connectivity index (χ4n) is 1.99. The van der Waals surface area contributed by atoms with E-state index < -0.39 is 48.0 Å². The molecule has 140 valence electrons. The van der Waals surface area contributed by atoms with Crippen LogP contribution in [0, 0.1) is 0 Å². The van der Waals surface area contributed by atoms with Gasteiger partial charge >= 0.3 is 18.2 Å². The van der Waals surface area contributed by atoms with Crippen molar-refractivity contribution in [2.45, 2.75) is 51.1 Å². The largest absolute Gasteiger partial charge is 0.480 e. The summed E-state index contributed by atoms with van der Waals surface area (Å²) in [4.78, 5) is 22.9. The van der Waals surface area contributed by atoms with Gasteiger partial charge in [0.15, 0.2) is 6.04 Å². The minimum atomic E-state index is -4.55. The van der Waals surface area contributed by atoms with Gasteiger partial charge in [-0.1, -0.05) is 18.2 Å². The number of ether oxygens (including phenoxy) is 1. The molecule has 0 radical (unpaired) electrons. The number of aliphatic carboxylic acids is 1. The molecule has 0 heterocycles. The van der Waals surface area contributed by atoms with Crippen molar-refractivity contribution in [2.75, 3.05) is 0 Å². The van der Waals surface area contributed by atoms with Crippen LogP contribution in [-0.2, 0) is 22.1 Å². The van der Waals surface area contributed by atoms with Gasteiger partial charge in [-0.2, -0.15) is 13.2 Å². The minimum Gasteiger partial charge on any atom is -0.480 e. The second kappa shape index (κ2) is 7.73. The van der Waals surface area contributed by atoms with Gasteiger partial charge in [-0.3, -0.25) is 0 Å². The van der Waals surface area contributed by atoms with Crippen LogP contribution < -0.4 is 5.32 Å². The third-order valence-electron chi connectivity index (χ3n) is 3.02. The van der Waals surface area contributed by atoms with Crippen LogP contribution in [0.5, 0.6) is 0 Å². The lowest BCUT2D eigenvalue weighted by molar-refractivity contribution is -0.142. The molecular formula is C16H20F3NO5. The molecule has 0 aliphatic rings. The van der Waals surface area contributed by atoms with E-state index in [4.69, 9.17) is 9.84 Å². The molecule has 1 rings (SSSR count). The number of aliphatic hydroxyl groups is 1. The summed E-state index contributed by atoms with van der Waals surface area (Å²) < 4.78 is 43.0. The Labute approximate surface area is 142 Å². The van der Waals surface area contributed by atoms with Gasteiger partial charge in [0.2, 0.25) is 0 Å². The summed E-state index contributed by atoms with van der Waals surface area (Å²) in [5.41, 5.74) is -1.71. The predicted molar refractivity (Wildman–Crippen MR) is 81.9 cm³/mol. The Morgan fingerprint density at radius 2 is 1.84 bits per heavy atom. The number of hydrogen-bond acceptors (Lipinski definition) is 4. The van der Waals surface area contributed by atoms with Crippen LogP contribution in [0.1, 0.15) is 31.9 Å². The van der Waals surface area contributed by atoms with Gasteiger partial charge in [-0.15, -0.1) is 0 Å². The summed E-state index contributed by atoms with van der Waals surface area (Å²) in [6.45, 7) is 4.71. The van der Waals surface area contributed by atoms with Crippen LogP contribution in [-0.4, -0.2) is 40.0 Å². The summed E-state index contributed by atoms with van der Waals surface area (Å²) in [5, 5.41) is 21.2. The SMILES string of the molecule is CC(C)(C)OC(=O)N[C@H](C(=O)O)[C@@H](O)Cc1cccc(C(F)(F)F)c1. The predicted octanol–water partition coefficient (Wildman–Crippen LogP) is 2.59. The van der Waals surface area contributed by atoms with E-state index in [1.54, 1.807) is 20.8 Å². The molecule has 0 unspecified atom stereocenters. The van der Waals surface area contributed by atoms with E-state index in [0.717, 1.165) is 18.2 Å². The Hall–Kier alpha value is -2.29.